The van der Waals surface area contributed by atoms with Crippen molar-refractivity contribution < 1.29 is 17.9 Å². The highest BCUT2D eigenvalue weighted by atomic mass is 79.9. The Morgan fingerprint density at radius 1 is 1.31 bits per heavy atom. The Kier molecular flexibility index (Phi) is 4.79. The third kappa shape index (κ3) is 2.42. The maximum Gasteiger partial charge on any atom is 0.327 e. The third-order valence-electron chi connectivity index (χ3n) is 3.05. The Labute approximate surface area is 105 Å². The van der Waals surface area contributed by atoms with Crippen LogP contribution in [0.3, 0.4) is 0 Å². The molecule has 0 heterocycles. The normalized spacial score (nSPS) is 20.4. The summed E-state index contributed by atoms with van der Waals surface area (Å²) < 4.78 is 27.5. The van der Waals surface area contributed by atoms with Gasteiger partial charge in [-0.2, -0.15) is 0 Å². The van der Waals surface area contributed by atoms with Crippen molar-refractivity contribution in [1.82, 2.24) is 0 Å². The molecule has 4 nitrogen and oxygen atoms in total. The second kappa shape index (κ2) is 5.49. The van der Waals surface area contributed by atoms with Gasteiger partial charge < -0.3 is 4.74 Å². The van der Waals surface area contributed by atoms with E-state index in [1.807, 2.05) is 0 Å². The van der Waals surface area contributed by atoms with E-state index in [0.29, 0.717) is 12.8 Å². The molecule has 0 aliphatic heterocycles. The quantitative estimate of drug-likeness (QED) is 0.588. The third-order valence-corrected chi connectivity index (χ3v) is 6.91. The molecule has 1 aliphatic carbocycles. The van der Waals surface area contributed by atoms with Gasteiger partial charge in [-0.1, -0.05) is 35.2 Å². The fraction of sp³-hybridized carbons (Fsp3) is 0.900. The number of halogens is 1. The maximum absolute atomic E-state index is 12.0. The first kappa shape index (κ1) is 14.0. The van der Waals surface area contributed by atoms with Crippen LogP contribution < -0.4 is 0 Å². The van der Waals surface area contributed by atoms with Crippen molar-refractivity contribution in [2.45, 2.75) is 43.8 Å². The van der Waals surface area contributed by atoms with Crippen LogP contribution in [-0.4, -0.2) is 30.4 Å². The number of carbonyl (C=O) groups excluding carboxylic acids is 1. The summed E-state index contributed by atoms with van der Waals surface area (Å²) in [5, 5.41) is 0. The molecule has 0 saturated heterocycles. The van der Waals surface area contributed by atoms with E-state index in [2.05, 4.69) is 15.9 Å². The van der Waals surface area contributed by atoms with Crippen LogP contribution in [0.5, 0.6) is 0 Å². The largest absolute Gasteiger partial charge is 0.465 e. The van der Waals surface area contributed by atoms with Crippen LogP contribution in [-0.2, 0) is 19.4 Å². The number of alkyl halides is 1. The summed E-state index contributed by atoms with van der Waals surface area (Å²) in [6.45, 7) is 1.91. The molecule has 0 spiro atoms. The van der Waals surface area contributed by atoms with E-state index >= 15 is 0 Å². The zero-order chi connectivity index (χ0) is 12.2. The predicted molar refractivity (Wildman–Crippen MR) is 65.2 cm³/mol. The van der Waals surface area contributed by atoms with Crippen LogP contribution in [0.4, 0.5) is 0 Å². The summed E-state index contributed by atoms with van der Waals surface area (Å²) in [5.74, 6) is -0.575. The van der Waals surface area contributed by atoms with Crippen molar-refractivity contribution in [3.63, 3.8) is 0 Å². The number of ether oxygens (including phenoxy) is 1. The minimum Gasteiger partial charge on any atom is -0.465 e. The lowest BCUT2D eigenvalue weighted by molar-refractivity contribution is -0.147. The van der Waals surface area contributed by atoms with Crippen molar-refractivity contribution in [2.75, 3.05) is 11.3 Å². The Balaban J connectivity index is 3.06. The molecule has 0 aromatic carbocycles. The van der Waals surface area contributed by atoms with Crippen molar-refractivity contribution in [2.24, 2.45) is 0 Å². The van der Waals surface area contributed by atoms with Gasteiger partial charge in [-0.25, -0.2) is 8.42 Å². The molecule has 0 aromatic heterocycles. The van der Waals surface area contributed by atoms with Gasteiger partial charge in [-0.15, -0.1) is 0 Å². The van der Waals surface area contributed by atoms with Gasteiger partial charge in [0.2, 0.25) is 0 Å². The lowest BCUT2D eigenvalue weighted by atomic mass is 9.88. The van der Waals surface area contributed by atoms with E-state index in [0.717, 1.165) is 19.3 Å². The van der Waals surface area contributed by atoms with E-state index in [-0.39, 0.29) is 11.3 Å². The standard InChI is InChI=1S/C10H17BrO4S/c1-2-15-9(12)10(16(13,14)8-11)6-4-3-5-7-10/h2-8H2,1H3. The SMILES string of the molecule is CCOC(=O)C1(S(=O)(=O)CBr)CCCCC1. The van der Waals surface area contributed by atoms with E-state index in [9.17, 15) is 13.2 Å². The van der Waals surface area contributed by atoms with E-state index in [1.165, 1.54) is 0 Å². The number of hydrogen-bond acceptors (Lipinski definition) is 4. The monoisotopic (exact) mass is 312 g/mol. The zero-order valence-corrected chi connectivity index (χ0v) is 11.8. The summed E-state index contributed by atoms with van der Waals surface area (Å²) in [6.07, 6.45) is 3.30. The molecule has 0 amide bonds. The van der Waals surface area contributed by atoms with Crippen LogP contribution in [0.2, 0.25) is 0 Å². The van der Waals surface area contributed by atoms with Gasteiger partial charge in [0.05, 0.1) is 6.61 Å². The molecule has 1 rings (SSSR count). The van der Waals surface area contributed by atoms with Gasteiger partial charge in [0.1, 0.15) is 4.66 Å². The van der Waals surface area contributed by atoms with Crippen molar-refractivity contribution in [3.8, 4) is 0 Å². The first-order valence-corrected chi connectivity index (χ1v) is 8.23. The van der Waals surface area contributed by atoms with Gasteiger partial charge in [0, 0.05) is 0 Å². The van der Waals surface area contributed by atoms with E-state index in [1.54, 1.807) is 6.92 Å². The fourth-order valence-corrected chi connectivity index (χ4v) is 4.88. The van der Waals surface area contributed by atoms with E-state index in [4.69, 9.17) is 4.74 Å². The van der Waals surface area contributed by atoms with Crippen molar-refractivity contribution >= 4 is 31.7 Å². The second-order valence-corrected chi connectivity index (χ2v) is 7.60. The van der Waals surface area contributed by atoms with Gasteiger partial charge in [0.25, 0.3) is 0 Å². The molecule has 6 heteroatoms. The summed E-state index contributed by atoms with van der Waals surface area (Å²) >= 11 is 2.97. The molecule has 0 aromatic rings. The number of sulfone groups is 1. The molecule has 1 aliphatic rings. The first-order chi connectivity index (χ1) is 7.50. The molecule has 94 valence electrons. The van der Waals surface area contributed by atoms with Crippen LogP contribution in [0.1, 0.15) is 39.0 Å². The van der Waals surface area contributed by atoms with Gasteiger partial charge >= 0.3 is 5.97 Å². The predicted octanol–water partition coefficient (Wildman–Crippen LogP) is 2.02. The van der Waals surface area contributed by atoms with Crippen LogP contribution in [0.15, 0.2) is 0 Å². The summed E-state index contributed by atoms with van der Waals surface area (Å²) in [6, 6.07) is 0. The van der Waals surface area contributed by atoms with Gasteiger partial charge in [-0.3, -0.25) is 4.79 Å². The molecule has 0 N–H and O–H groups in total. The molecule has 1 fully saturated rings. The maximum atomic E-state index is 12.0. The molecular weight excluding hydrogens is 296 g/mol. The number of rotatable bonds is 4. The summed E-state index contributed by atoms with van der Waals surface area (Å²) in [4.78, 5) is 11.9. The molecule has 0 atom stereocenters. The van der Waals surface area contributed by atoms with Gasteiger partial charge in [0.15, 0.2) is 14.6 Å². The molecule has 0 unspecified atom stereocenters. The summed E-state index contributed by atoms with van der Waals surface area (Å²) in [5.41, 5.74) is 0. The average Bonchev–Trinajstić information content (AvgIpc) is 2.30. The van der Waals surface area contributed by atoms with Crippen LogP contribution in [0, 0.1) is 0 Å². The highest BCUT2D eigenvalue weighted by Crippen LogP contribution is 2.37. The molecular formula is C10H17BrO4S. The molecule has 0 bridgehead atoms. The molecule has 0 radical (unpaired) electrons. The van der Waals surface area contributed by atoms with Crippen LogP contribution >= 0.6 is 15.9 Å². The highest BCUT2D eigenvalue weighted by Gasteiger charge is 2.51. The lowest BCUT2D eigenvalue weighted by Gasteiger charge is -2.33. The Morgan fingerprint density at radius 2 is 1.88 bits per heavy atom. The number of esters is 1. The van der Waals surface area contributed by atoms with Crippen molar-refractivity contribution in [3.05, 3.63) is 0 Å². The molecule has 16 heavy (non-hydrogen) atoms. The Morgan fingerprint density at radius 3 is 2.31 bits per heavy atom. The Bertz CT molecular complexity index is 344. The van der Waals surface area contributed by atoms with Crippen molar-refractivity contribution in [1.29, 1.82) is 0 Å². The van der Waals surface area contributed by atoms with Gasteiger partial charge in [-0.05, 0) is 19.8 Å². The fourth-order valence-electron chi connectivity index (χ4n) is 2.13. The first-order valence-electron chi connectivity index (χ1n) is 5.45. The number of carbonyl (C=O) groups is 1. The highest BCUT2D eigenvalue weighted by molar-refractivity contribution is 9.10. The zero-order valence-electron chi connectivity index (χ0n) is 9.37. The second-order valence-electron chi connectivity index (χ2n) is 4.00. The lowest BCUT2D eigenvalue weighted by Crippen LogP contribution is -2.49. The van der Waals surface area contributed by atoms with Crippen LogP contribution in [0.25, 0.3) is 0 Å². The smallest absolute Gasteiger partial charge is 0.327 e. The van der Waals surface area contributed by atoms with E-state index < -0.39 is 20.6 Å². The number of hydrogen-bond donors (Lipinski definition) is 0. The molecule has 1 saturated carbocycles. The minimum atomic E-state index is -3.46. The topological polar surface area (TPSA) is 60.4 Å². The minimum absolute atomic E-state index is 0.182. The summed E-state index contributed by atoms with van der Waals surface area (Å²) in [7, 11) is -3.46. The average molecular weight is 313 g/mol. The Hall–Kier alpha value is -0.100.